The molecule has 0 saturated carbocycles. The van der Waals surface area contributed by atoms with Crippen LogP contribution in [0.5, 0.6) is 0 Å². The average molecular weight is 359 g/mol. The van der Waals surface area contributed by atoms with Crippen LogP contribution in [0.4, 0.5) is 0 Å². The second kappa shape index (κ2) is 6.21. The SMILES string of the molecule is CNC(=O)c1cc2c(=O)n3cc(C)ccc3nc2n(-c2ccccc2)c1=N. The van der Waals surface area contributed by atoms with Crippen molar-refractivity contribution in [1.29, 1.82) is 5.41 Å². The van der Waals surface area contributed by atoms with E-state index < -0.39 is 5.91 Å². The van der Waals surface area contributed by atoms with Gasteiger partial charge in [0.05, 0.1) is 10.9 Å². The summed E-state index contributed by atoms with van der Waals surface area (Å²) in [5.74, 6) is -0.430. The number of hydrogen-bond acceptors (Lipinski definition) is 4. The van der Waals surface area contributed by atoms with E-state index in [-0.39, 0.29) is 22.0 Å². The number of nitrogens with zero attached hydrogens (tertiary/aromatic N) is 3. The topological polar surface area (TPSA) is 92.2 Å². The molecule has 4 rings (SSSR count). The molecule has 0 radical (unpaired) electrons. The minimum absolute atomic E-state index is 0.0311. The highest BCUT2D eigenvalue weighted by Crippen LogP contribution is 2.15. The van der Waals surface area contributed by atoms with Gasteiger partial charge in [0.15, 0.2) is 5.65 Å². The Kier molecular flexibility index (Phi) is 3.84. The summed E-state index contributed by atoms with van der Waals surface area (Å²) in [6.07, 6.45) is 1.71. The van der Waals surface area contributed by atoms with Gasteiger partial charge in [-0.2, -0.15) is 0 Å². The molecule has 0 aliphatic carbocycles. The number of aromatic nitrogens is 3. The van der Waals surface area contributed by atoms with Gasteiger partial charge in [-0.25, -0.2) is 4.98 Å². The number of benzene rings is 1. The maximum atomic E-state index is 13.1. The van der Waals surface area contributed by atoms with Gasteiger partial charge in [0.2, 0.25) is 0 Å². The van der Waals surface area contributed by atoms with Gasteiger partial charge in [0.25, 0.3) is 11.5 Å². The molecule has 134 valence electrons. The van der Waals surface area contributed by atoms with Crippen LogP contribution in [0.15, 0.2) is 59.5 Å². The smallest absolute Gasteiger partial charge is 0.267 e. The van der Waals surface area contributed by atoms with Crippen molar-refractivity contribution in [3.05, 3.63) is 81.7 Å². The Hall–Kier alpha value is -3.74. The van der Waals surface area contributed by atoms with E-state index >= 15 is 0 Å². The van der Waals surface area contributed by atoms with E-state index in [9.17, 15) is 9.59 Å². The molecule has 0 aliphatic heterocycles. The van der Waals surface area contributed by atoms with Gasteiger partial charge in [-0.1, -0.05) is 24.3 Å². The van der Waals surface area contributed by atoms with E-state index in [4.69, 9.17) is 5.41 Å². The maximum absolute atomic E-state index is 13.1. The number of carbonyl (C=O) groups excluding carboxylic acids is 1. The summed E-state index contributed by atoms with van der Waals surface area (Å²) in [5.41, 5.74) is 2.19. The molecule has 27 heavy (non-hydrogen) atoms. The first-order valence-electron chi connectivity index (χ1n) is 8.42. The zero-order valence-corrected chi connectivity index (χ0v) is 14.9. The van der Waals surface area contributed by atoms with E-state index in [1.54, 1.807) is 12.3 Å². The van der Waals surface area contributed by atoms with Crippen LogP contribution in [-0.4, -0.2) is 26.9 Å². The molecule has 1 aromatic carbocycles. The van der Waals surface area contributed by atoms with Gasteiger partial charge < -0.3 is 5.32 Å². The molecule has 7 heteroatoms. The third kappa shape index (κ3) is 2.60. The number of hydrogen-bond donors (Lipinski definition) is 2. The van der Waals surface area contributed by atoms with E-state index in [0.29, 0.717) is 17.0 Å². The van der Waals surface area contributed by atoms with Crippen molar-refractivity contribution in [2.24, 2.45) is 0 Å². The molecule has 0 atom stereocenters. The molecule has 3 heterocycles. The van der Waals surface area contributed by atoms with Gasteiger partial charge in [0, 0.05) is 18.9 Å². The third-order valence-electron chi connectivity index (χ3n) is 4.45. The number of para-hydroxylation sites is 1. The van der Waals surface area contributed by atoms with Crippen LogP contribution in [0.3, 0.4) is 0 Å². The second-order valence-corrected chi connectivity index (χ2v) is 6.25. The number of aryl methyl sites for hydroxylation is 1. The normalized spacial score (nSPS) is 11.0. The summed E-state index contributed by atoms with van der Waals surface area (Å²) in [4.78, 5) is 30.0. The molecule has 1 amide bonds. The average Bonchev–Trinajstić information content (AvgIpc) is 2.68. The summed E-state index contributed by atoms with van der Waals surface area (Å²) >= 11 is 0. The van der Waals surface area contributed by atoms with E-state index in [1.807, 2.05) is 43.3 Å². The quantitative estimate of drug-likeness (QED) is 0.535. The van der Waals surface area contributed by atoms with Crippen LogP contribution in [0.2, 0.25) is 0 Å². The van der Waals surface area contributed by atoms with Gasteiger partial charge in [0.1, 0.15) is 11.1 Å². The second-order valence-electron chi connectivity index (χ2n) is 6.25. The molecule has 0 spiro atoms. The lowest BCUT2D eigenvalue weighted by molar-refractivity contribution is 0.0961. The molecule has 0 fully saturated rings. The van der Waals surface area contributed by atoms with Gasteiger partial charge in [-0.15, -0.1) is 0 Å². The number of fused-ring (bicyclic) bond motifs is 2. The van der Waals surface area contributed by atoms with Crippen LogP contribution in [0.25, 0.3) is 22.4 Å². The first kappa shape index (κ1) is 16.7. The Morgan fingerprint density at radius 2 is 1.89 bits per heavy atom. The number of amides is 1. The number of nitrogens with one attached hydrogen (secondary N) is 2. The Morgan fingerprint density at radius 1 is 1.15 bits per heavy atom. The summed E-state index contributed by atoms with van der Waals surface area (Å²) in [7, 11) is 1.49. The molecule has 0 unspecified atom stereocenters. The number of carbonyl (C=O) groups is 1. The monoisotopic (exact) mass is 359 g/mol. The Labute approximate surface area is 154 Å². The van der Waals surface area contributed by atoms with Crippen molar-refractivity contribution in [2.75, 3.05) is 7.05 Å². The zero-order valence-electron chi connectivity index (χ0n) is 14.9. The summed E-state index contributed by atoms with van der Waals surface area (Å²) in [5, 5.41) is 11.4. The summed E-state index contributed by atoms with van der Waals surface area (Å²) in [6.45, 7) is 1.89. The first-order valence-corrected chi connectivity index (χ1v) is 8.42. The van der Waals surface area contributed by atoms with Crippen LogP contribution in [0, 0.1) is 12.3 Å². The largest absolute Gasteiger partial charge is 0.355 e. The van der Waals surface area contributed by atoms with E-state index in [2.05, 4.69) is 10.3 Å². The summed E-state index contributed by atoms with van der Waals surface area (Å²) < 4.78 is 2.99. The molecule has 7 nitrogen and oxygen atoms in total. The minimum Gasteiger partial charge on any atom is -0.355 e. The fourth-order valence-corrected chi connectivity index (χ4v) is 3.12. The van der Waals surface area contributed by atoms with Crippen LogP contribution >= 0.6 is 0 Å². The van der Waals surface area contributed by atoms with Crippen molar-refractivity contribution in [3.8, 4) is 5.69 Å². The molecule has 2 N–H and O–H groups in total. The number of rotatable bonds is 2. The first-order chi connectivity index (χ1) is 13.0. The van der Waals surface area contributed by atoms with Crippen LogP contribution in [0.1, 0.15) is 15.9 Å². The molecular weight excluding hydrogens is 342 g/mol. The lowest BCUT2D eigenvalue weighted by Crippen LogP contribution is -2.33. The van der Waals surface area contributed by atoms with Crippen molar-refractivity contribution in [2.45, 2.75) is 6.92 Å². The van der Waals surface area contributed by atoms with E-state index in [1.165, 1.54) is 22.1 Å². The maximum Gasteiger partial charge on any atom is 0.267 e. The van der Waals surface area contributed by atoms with Crippen molar-refractivity contribution in [3.63, 3.8) is 0 Å². The molecule has 0 saturated heterocycles. The highest BCUT2D eigenvalue weighted by Gasteiger charge is 2.17. The van der Waals surface area contributed by atoms with Crippen LogP contribution in [-0.2, 0) is 0 Å². The van der Waals surface area contributed by atoms with Gasteiger partial charge in [-0.3, -0.25) is 24.0 Å². The number of pyridine rings is 2. The lowest BCUT2D eigenvalue weighted by Gasteiger charge is -2.14. The Morgan fingerprint density at radius 3 is 2.59 bits per heavy atom. The fourth-order valence-electron chi connectivity index (χ4n) is 3.12. The molecule has 0 bridgehead atoms. The molecule has 3 aromatic heterocycles. The molecule has 4 aromatic rings. The molecule has 0 aliphatic rings. The van der Waals surface area contributed by atoms with Crippen LogP contribution < -0.4 is 16.4 Å². The predicted molar refractivity (Wildman–Crippen MR) is 102 cm³/mol. The van der Waals surface area contributed by atoms with Crippen molar-refractivity contribution in [1.82, 2.24) is 19.3 Å². The van der Waals surface area contributed by atoms with Gasteiger partial charge >= 0.3 is 0 Å². The van der Waals surface area contributed by atoms with Gasteiger partial charge in [-0.05, 0) is 36.8 Å². The fraction of sp³-hybridized carbons (Fsp3) is 0.100. The lowest BCUT2D eigenvalue weighted by atomic mass is 10.1. The zero-order chi connectivity index (χ0) is 19.1. The van der Waals surface area contributed by atoms with E-state index in [0.717, 1.165) is 5.56 Å². The highest BCUT2D eigenvalue weighted by molar-refractivity contribution is 5.97. The highest BCUT2D eigenvalue weighted by atomic mass is 16.1. The Bertz CT molecular complexity index is 1320. The minimum atomic E-state index is -0.430. The molecular formula is C20H17N5O2. The Balaban J connectivity index is 2.25. The summed E-state index contributed by atoms with van der Waals surface area (Å²) in [6, 6.07) is 14.2. The predicted octanol–water partition coefficient (Wildman–Crippen LogP) is 1.79. The third-order valence-corrected chi connectivity index (χ3v) is 4.45. The van der Waals surface area contributed by atoms with Crippen molar-refractivity contribution >= 4 is 22.6 Å². The van der Waals surface area contributed by atoms with Crippen molar-refractivity contribution < 1.29 is 4.79 Å². The standard InChI is InChI=1S/C20H17N5O2/c1-12-8-9-16-23-18-15(20(27)24(16)11-12)10-14(19(26)22-2)17(21)25(18)13-6-4-3-5-7-13/h3-11,21H,1-2H3,(H,22,26).